The Bertz CT molecular complexity index is 281. The molecule has 1 amide bonds. The molecule has 0 radical (unpaired) electrons. The maximum atomic E-state index is 11.9. The molecule has 1 heterocycles. The van der Waals surface area contributed by atoms with Gasteiger partial charge in [0.25, 0.3) is 0 Å². The number of carboxylic acids is 1. The maximum absolute atomic E-state index is 11.9. The standard InChI is InChI=1S/C12H22N2O3/c1-8-5-6-13-10(7-8)12(17)14-9(2)3-4-11(15)16/h8-10,13H,3-7H2,1-2H3,(H,14,17)(H,15,16). The third kappa shape index (κ3) is 5.17. The smallest absolute Gasteiger partial charge is 0.303 e. The van der Waals surface area contributed by atoms with E-state index in [2.05, 4.69) is 17.6 Å². The van der Waals surface area contributed by atoms with Crippen LogP contribution in [0.15, 0.2) is 0 Å². The molecule has 0 aromatic heterocycles. The first-order valence-corrected chi connectivity index (χ1v) is 6.24. The first kappa shape index (κ1) is 14.0. The van der Waals surface area contributed by atoms with Crippen LogP contribution in [0.4, 0.5) is 0 Å². The fourth-order valence-electron chi connectivity index (χ4n) is 2.06. The lowest BCUT2D eigenvalue weighted by molar-refractivity contribution is -0.137. The second kappa shape index (κ2) is 6.59. The number of piperidine rings is 1. The van der Waals surface area contributed by atoms with Crippen molar-refractivity contribution in [1.29, 1.82) is 0 Å². The molecule has 0 saturated carbocycles. The van der Waals surface area contributed by atoms with Crippen LogP contribution in [-0.4, -0.2) is 35.6 Å². The molecule has 1 aliphatic rings. The molecule has 17 heavy (non-hydrogen) atoms. The molecule has 0 spiro atoms. The summed E-state index contributed by atoms with van der Waals surface area (Å²) in [6.07, 6.45) is 2.54. The van der Waals surface area contributed by atoms with Crippen molar-refractivity contribution in [2.24, 2.45) is 5.92 Å². The number of amides is 1. The average molecular weight is 242 g/mol. The predicted octanol–water partition coefficient (Wildman–Crippen LogP) is 0.744. The number of carboxylic acid groups (broad SMARTS) is 1. The maximum Gasteiger partial charge on any atom is 0.303 e. The van der Waals surface area contributed by atoms with Crippen LogP contribution in [0.25, 0.3) is 0 Å². The minimum absolute atomic E-state index is 0.00515. The zero-order valence-electron chi connectivity index (χ0n) is 10.5. The summed E-state index contributed by atoms with van der Waals surface area (Å²) in [5.74, 6) is -0.258. The van der Waals surface area contributed by atoms with Crippen molar-refractivity contribution in [3.8, 4) is 0 Å². The Balaban J connectivity index is 2.29. The molecule has 5 nitrogen and oxygen atoms in total. The molecule has 5 heteroatoms. The number of hydrogen-bond acceptors (Lipinski definition) is 3. The van der Waals surface area contributed by atoms with Gasteiger partial charge in [-0.2, -0.15) is 0 Å². The van der Waals surface area contributed by atoms with Crippen molar-refractivity contribution in [2.45, 2.75) is 51.6 Å². The van der Waals surface area contributed by atoms with E-state index in [4.69, 9.17) is 5.11 Å². The zero-order chi connectivity index (χ0) is 12.8. The van der Waals surface area contributed by atoms with Crippen molar-refractivity contribution in [3.05, 3.63) is 0 Å². The molecule has 1 fully saturated rings. The lowest BCUT2D eigenvalue weighted by Gasteiger charge is -2.28. The molecule has 3 unspecified atom stereocenters. The van der Waals surface area contributed by atoms with Crippen LogP contribution in [0.2, 0.25) is 0 Å². The van der Waals surface area contributed by atoms with Gasteiger partial charge in [0.1, 0.15) is 0 Å². The van der Waals surface area contributed by atoms with Gasteiger partial charge < -0.3 is 15.7 Å². The van der Waals surface area contributed by atoms with Crippen LogP contribution in [0.3, 0.4) is 0 Å². The highest BCUT2D eigenvalue weighted by atomic mass is 16.4. The normalized spacial score (nSPS) is 26.2. The molecular weight excluding hydrogens is 220 g/mol. The topological polar surface area (TPSA) is 78.4 Å². The molecule has 1 aliphatic heterocycles. The van der Waals surface area contributed by atoms with E-state index in [9.17, 15) is 9.59 Å². The highest BCUT2D eigenvalue weighted by Gasteiger charge is 2.25. The fraction of sp³-hybridized carbons (Fsp3) is 0.833. The molecular formula is C12H22N2O3. The minimum atomic E-state index is -0.824. The molecule has 1 saturated heterocycles. The van der Waals surface area contributed by atoms with Gasteiger partial charge in [-0.25, -0.2) is 0 Å². The van der Waals surface area contributed by atoms with Crippen molar-refractivity contribution in [2.75, 3.05) is 6.54 Å². The lowest BCUT2D eigenvalue weighted by atomic mass is 9.94. The van der Waals surface area contributed by atoms with Crippen LogP contribution in [-0.2, 0) is 9.59 Å². The second-order valence-electron chi connectivity index (χ2n) is 4.98. The molecule has 3 N–H and O–H groups in total. The third-order valence-electron chi connectivity index (χ3n) is 3.16. The zero-order valence-corrected chi connectivity index (χ0v) is 10.5. The Hall–Kier alpha value is -1.10. The van der Waals surface area contributed by atoms with E-state index >= 15 is 0 Å². The van der Waals surface area contributed by atoms with Gasteiger partial charge in [0.2, 0.25) is 5.91 Å². The number of rotatable bonds is 5. The largest absolute Gasteiger partial charge is 0.481 e. The monoisotopic (exact) mass is 242 g/mol. The summed E-state index contributed by atoms with van der Waals surface area (Å²) >= 11 is 0. The predicted molar refractivity (Wildman–Crippen MR) is 64.7 cm³/mol. The van der Waals surface area contributed by atoms with E-state index in [1.54, 1.807) is 0 Å². The number of carbonyl (C=O) groups is 2. The summed E-state index contributed by atoms with van der Waals surface area (Å²) in [6.45, 7) is 4.87. The summed E-state index contributed by atoms with van der Waals surface area (Å²) in [4.78, 5) is 22.3. The Morgan fingerprint density at radius 3 is 2.82 bits per heavy atom. The second-order valence-corrected chi connectivity index (χ2v) is 4.98. The molecule has 0 bridgehead atoms. The van der Waals surface area contributed by atoms with Gasteiger partial charge in [-0.15, -0.1) is 0 Å². The number of nitrogens with one attached hydrogen (secondary N) is 2. The van der Waals surface area contributed by atoms with E-state index in [0.717, 1.165) is 19.4 Å². The Morgan fingerprint density at radius 2 is 2.24 bits per heavy atom. The molecule has 3 atom stereocenters. The van der Waals surface area contributed by atoms with E-state index < -0.39 is 5.97 Å². The third-order valence-corrected chi connectivity index (χ3v) is 3.16. The van der Waals surface area contributed by atoms with Crippen LogP contribution >= 0.6 is 0 Å². The van der Waals surface area contributed by atoms with Crippen LogP contribution in [0.1, 0.15) is 39.5 Å². The van der Waals surface area contributed by atoms with E-state index in [0.29, 0.717) is 12.3 Å². The first-order chi connectivity index (χ1) is 7.99. The van der Waals surface area contributed by atoms with Gasteiger partial charge in [0.05, 0.1) is 6.04 Å². The quantitative estimate of drug-likeness (QED) is 0.664. The number of hydrogen-bond donors (Lipinski definition) is 3. The van der Waals surface area contributed by atoms with Gasteiger partial charge in [-0.3, -0.25) is 9.59 Å². The fourth-order valence-corrected chi connectivity index (χ4v) is 2.06. The summed E-state index contributed by atoms with van der Waals surface area (Å²) in [5.41, 5.74) is 0. The number of carbonyl (C=O) groups excluding carboxylic acids is 1. The molecule has 0 aliphatic carbocycles. The van der Waals surface area contributed by atoms with Crippen LogP contribution < -0.4 is 10.6 Å². The summed E-state index contributed by atoms with van der Waals surface area (Å²) in [7, 11) is 0. The summed E-state index contributed by atoms with van der Waals surface area (Å²) in [6, 6.07) is -0.205. The number of aliphatic carboxylic acids is 1. The molecule has 1 rings (SSSR count). The molecule has 98 valence electrons. The summed E-state index contributed by atoms with van der Waals surface area (Å²) < 4.78 is 0. The molecule has 0 aromatic rings. The van der Waals surface area contributed by atoms with E-state index in [1.807, 2.05) is 6.92 Å². The summed E-state index contributed by atoms with van der Waals surface area (Å²) in [5, 5.41) is 14.6. The van der Waals surface area contributed by atoms with Crippen molar-refractivity contribution >= 4 is 11.9 Å². The van der Waals surface area contributed by atoms with Gasteiger partial charge in [-0.05, 0) is 38.6 Å². The van der Waals surface area contributed by atoms with E-state index in [-0.39, 0.29) is 24.4 Å². The van der Waals surface area contributed by atoms with Crippen molar-refractivity contribution in [3.63, 3.8) is 0 Å². The molecule has 0 aromatic carbocycles. The van der Waals surface area contributed by atoms with Crippen molar-refractivity contribution in [1.82, 2.24) is 10.6 Å². The van der Waals surface area contributed by atoms with Gasteiger partial charge in [-0.1, -0.05) is 6.92 Å². The van der Waals surface area contributed by atoms with Crippen LogP contribution in [0, 0.1) is 5.92 Å². The van der Waals surface area contributed by atoms with Crippen LogP contribution in [0.5, 0.6) is 0 Å². The van der Waals surface area contributed by atoms with E-state index in [1.165, 1.54) is 0 Å². The first-order valence-electron chi connectivity index (χ1n) is 6.24. The Kier molecular flexibility index (Phi) is 5.41. The van der Waals surface area contributed by atoms with Gasteiger partial charge in [0, 0.05) is 12.5 Å². The van der Waals surface area contributed by atoms with Gasteiger partial charge in [0.15, 0.2) is 0 Å². The van der Waals surface area contributed by atoms with Gasteiger partial charge >= 0.3 is 5.97 Å². The Labute approximate surface area is 102 Å². The van der Waals surface area contributed by atoms with Crippen molar-refractivity contribution < 1.29 is 14.7 Å². The Morgan fingerprint density at radius 1 is 1.53 bits per heavy atom. The lowest BCUT2D eigenvalue weighted by Crippen LogP contribution is -2.50. The minimum Gasteiger partial charge on any atom is -0.481 e. The highest BCUT2D eigenvalue weighted by molar-refractivity contribution is 5.82. The highest BCUT2D eigenvalue weighted by Crippen LogP contribution is 2.15. The average Bonchev–Trinajstić information content (AvgIpc) is 2.26. The SMILES string of the molecule is CC1CCNC(C(=O)NC(C)CCC(=O)O)C1.